The zero-order chi connectivity index (χ0) is 18.5. The number of rotatable bonds is 2. The minimum atomic E-state index is -0.0318. The van der Waals surface area contributed by atoms with E-state index in [2.05, 4.69) is 10.3 Å². The summed E-state index contributed by atoms with van der Waals surface area (Å²) in [5.74, 6) is 0.784. The maximum atomic E-state index is 12.1. The molecule has 0 bridgehead atoms. The van der Waals surface area contributed by atoms with Gasteiger partial charge in [-0.1, -0.05) is 12.1 Å². The Bertz CT molecular complexity index is 1200. The van der Waals surface area contributed by atoms with Crippen LogP contribution in [0, 0.1) is 13.8 Å². The van der Waals surface area contributed by atoms with E-state index in [4.69, 9.17) is 14.4 Å². The molecule has 0 spiro atoms. The highest BCUT2D eigenvalue weighted by molar-refractivity contribution is 5.99. The van der Waals surface area contributed by atoms with E-state index in [0.29, 0.717) is 12.1 Å². The maximum absolute atomic E-state index is 12.1. The van der Waals surface area contributed by atoms with Crippen molar-refractivity contribution in [2.45, 2.75) is 20.3 Å². The normalized spacial score (nSPS) is 13.6. The smallest absolute Gasteiger partial charge is 0.253 e. The van der Waals surface area contributed by atoms with Gasteiger partial charge in [0.15, 0.2) is 0 Å². The fourth-order valence-corrected chi connectivity index (χ4v) is 3.71. The third-order valence-electron chi connectivity index (χ3n) is 5.08. The van der Waals surface area contributed by atoms with Crippen LogP contribution in [0.3, 0.4) is 0 Å². The molecule has 5 rings (SSSR count). The van der Waals surface area contributed by atoms with Crippen LogP contribution >= 0.6 is 0 Å². The Kier molecular flexibility index (Phi) is 3.40. The molecule has 1 aliphatic heterocycles. The van der Waals surface area contributed by atoms with Crippen molar-refractivity contribution in [3.63, 3.8) is 0 Å². The van der Waals surface area contributed by atoms with Crippen LogP contribution in [0.1, 0.15) is 27.5 Å². The summed E-state index contributed by atoms with van der Waals surface area (Å²) in [6, 6.07) is 9.75. The number of carbonyl (C=O) groups excluding carboxylic acids is 1. The number of furan rings is 1. The van der Waals surface area contributed by atoms with Gasteiger partial charge in [0.25, 0.3) is 5.91 Å². The Morgan fingerprint density at radius 2 is 1.96 bits per heavy atom. The molecular formula is C21H18N4O2. The van der Waals surface area contributed by atoms with Crippen LogP contribution in [0.25, 0.3) is 33.5 Å². The lowest BCUT2D eigenvalue weighted by atomic mass is 10.1. The van der Waals surface area contributed by atoms with Gasteiger partial charge in [0.1, 0.15) is 5.76 Å². The van der Waals surface area contributed by atoms with E-state index < -0.39 is 0 Å². The zero-order valence-electron chi connectivity index (χ0n) is 15.1. The lowest BCUT2D eigenvalue weighted by molar-refractivity contribution is 0.0946. The Balaban J connectivity index is 1.74. The fraction of sp³-hybridized carbons (Fsp3) is 0.190. The van der Waals surface area contributed by atoms with Crippen LogP contribution in [-0.4, -0.2) is 27.4 Å². The van der Waals surface area contributed by atoms with E-state index in [-0.39, 0.29) is 5.91 Å². The van der Waals surface area contributed by atoms with Gasteiger partial charge in [-0.25, -0.2) is 9.97 Å². The van der Waals surface area contributed by atoms with Crippen LogP contribution in [-0.2, 0) is 6.42 Å². The average Bonchev–Trinajstić information content (AvgIpc) is 3.27. The van der Waals surface area contributed by atoms with Crippen molar-refractivity contribution in [2.24, 2.45) is 0 Å². The number of amides is 1. The number of benzene rings is 1. The zero-order valence-corrected chi connectivity index (χ0v) is 15.1. The summed E-state index contributed by atoms with van der Waals surface area (Å²) < 4.78 is 5.45. The largest absolute Gasteiger partial charge is 0.469 e. The van der Waals surface area contributed by atoms with Crippen molar-refractivity contribution >= 4 is 16.9 Å². The summed E-state index contributed by atoms with van der Waals surface area (Å²) in [4.78, 5) is 25.2. The van der Waals surface area contributed by atoms with Crippen molar-refractivity contribution in [3.8, 4) is 22.5 Å². The SMILES string of the molecule is Cc1nc2cccc(-c3cc4c([nH]3)CCNC4=O)c2nc1-c1ccoc1C. The summed E-state index contributed by atoms with van der Waals surface area (Å²) in [5, 5.41) is 2.88. The van der Waals surface area contributed by atoms with E-state index in [0.717, 1.165) is 57.1 Å². The van der Waals surface area contributed by atoms with Gasteiger partial charge in [-0.05, 0) is 32.0 Å². The van der Waals surface area contributed by atoms with Crippen molar-refractivity contribution in [1.82, 2.24) is 20.3 Å². The van der Waals surface area contributed by atoms with Gasteiger partial charge >= 0.3 is 0 Å². The second-order valence-electron chi connectivity index (χ2n) is 6.80. The third-order valence-corrected chi connectivity index (χ3v) is 5.08. The van der Waals surface area contributed by atoms with E-state index >= 15 is 0 Å². The lowest BCUT2D eigenvalue weighted by Crippen LogP contribution is -2.31. The monoisotopic (exact) mass is 358 g/mol. The Labute approximate surface area is 155 Å². The van der Waals surface area contributed by atoms with Crippen molar-refractivity contribution in [3.05, 3.63) is 59.3 Å². The molecule has 27 heavy (non-hydrogen) atoms. The number of hydrogen-bond acceptors (Lipinski definition) is 4. The first-order chi connectivity index (χ1) is 13.1. The molecule has 0 saturated carbocycles. The summed E-state index contributed by atoms with van der Waals surface area (Å²) in [6.07, 6.45) is 2.47. The van der Waals surface area contributed by atoms with Gasteiger partial charge in [0.05, 0.1) is 34.2 Å². The summed E-state index contributed by atoms with van der Waals surface area (Å²) in [7, 11) is 0. The maximum Gasteiger partial charge on any atom is 0.253 e. The molecule has 2 N–H and O–H groups in total. The number of aromatic nitrogens is 3. The summed E-state index contributed by atoms with van der Waals surface area (Å²) in [6.45, 7) is 4.53. The first kappa shape index (κ1) is 15.8. The topological polar surface area (TPSA) is 83.8 Å². The standard InChI is InChI=1S/C21H18N4O2/c1-11-19(13-7-9-27-12(13)2)25-20-14(4-3-5-17(20)23-11)18-10-15-16(24-18)6-8-22-21(15)26/h3-5,7,9-10,24H,6,8H2,1-2H3,(H,22,26). The van der Waals surface area contributed by atoms with E-state index in [1.807, 2.05) is 44.2 Å². The summed E-state index contributed by atoms with van der Waals surface area (Å²) >= 11 is 0. The average molecular weight is 358 g/mol. The van der Waals surface area contributed by atoms with Gasteiger partial charge in [0, 0.05) is 35.5 Å². The molecule has 0 saturated heterocycles. The van der Waals surface area contributed by atoms with E-state index in [1.54, 1.807) is 6.26 Å². The number of hydrogen-bond donors (Lipinski definition) is 2. The quantitative estimate of drug-likeness (QED) is 0.571. The van der Waals surface area contributed by atoms with Gasteiger partial charge in [-0.15, -0.1) is 0 Å². The minimum Gasteiger partial charge on any atom is -0.469 e. The van der Waals surface area contributed by atoms with Crippen molar-refractivity contribution in [1.29, 1.82) is 0 Å². The molecule has 0 atom stereocenters. The van der Waals surface area contributed by atoms with Gasteiger partial charge in [0.2, 0.25) is 0 Å². The molecule has 6 heteroatoms. The highest BCUT2D eigenvalue weighted by Gasteiger charge is 2.21. The van der Waals surface area contributed by atoms with Crippen molar-refractivity contribution < 1.29 is 9.21 Å². The number of H-pyrrole nitrogens is 1. The Morgan fingerprint density at radius 3 is 2.74 bits per heavy atom. The van der Waals surface area contributed by atoms with Crippen LogP contribution in [0.5, 0.6) is 0 Å². The second-order valence-corrected chi connectivity index (χ2v) is 6.80. The molecule has 0 fully saturated rings. The van der Waals surface area contributed by atoms with Crippen LogP contribution < -0.4 is 5.32 Å². The number of para-hydroxylation sites is 1. The minimum absolute atomic E-state index is 0.0318. The Hall–Kier alpha value is -3.41. The van der Waals surface area contributed by atoms with Crippen LogP contribution in [0.15, 0.2) is 41.0 Å². The Morgan fingerprint density at radius 1 is 1.07 bits per heavy atom. The molecule has 4 heterocycles. The number of carbonyl (C=O) groups is 1. The molecule has 4 aromatic rings. The number of nitrogens with zero attached hydrogens (tertiary/aromatic N) is 2. The summed E-state index contributed by atoms with van der Waals surface area (Å²) in [5.41, 5.74) is 7.74. The molecule has 134 valence electrons. The second kappa shape index (κ2) is 5.81. The molecule has 6 nitrogen and oxygen atoms in total. The molecule has 1 aliphatic rings. The van der Waals surface area contributed by atoms with E-state index in [9.17, 15) is 4.79 Å². The van der Waals surface area contributed by atoms with Gasteiger partial charge in [-0.3, -0.25) is 4.79 Å². The van der Waals surface area contributed by atoms with E-state index in [1.165, 1.54) is 0 Å². The third kappa shape index (κ3) is 2.44. The predicted octanol–water partition coefficient (Wildman–Crippen LogP) is 3.79. The molecule has 1 aromatic carbocycles. The van der Waals surface area contributed by atoms with Crippen LogP contribution in [0.2, 0.25) is 0 Å². The highest BCUT2D eigenvalue weighted by atomic mass is 16.3. The molecule has 0 aliphatic carbocycles. The van der Waals surface area contributed by atoms with Gasteiger partial charge < -0.3 is 14.7 Å². The van der Waals surface area contributed by atoms with Gasteiger partial charge in [-0.2, -0.15) is 0 Å². The molecular weight excluding hydrogens is 340 g/mol. The predicted molar refractivity (Wildman–Crippen MR) is 103 cm³/mol. The molecule has 0 unspecified atom stereocenters. The first-order valence-corrected chi connectivity index (χ1v) is 8.94. The van der Waals surface area contributed by atoms with Crippen molar-refractivity contribution in [2.75, 3.05) is 6.54 Å². The first-order valence-electron chi connectivity index (χ1n) is 8.94. The number of aryl methyl sites for hydroxylation is 2. The lowest BCUT2D eigenvalue weighted by Gasteiger charge is -2.11. The number of nitrogens with one attached hydrogen (secondary N) is 2. The fourth-order valence-electron chi connectivity index (χ4n) is 3.71. The highest BCUT2D eigenvalue weighted by Crippen LogP contribution is 2.32. The molecule has 1 amide bonds. The number of aromatic amines is 1. The van der Waals surface area contributed by atoms with Crippen LogP contribution in [0.4, 0.5) is 0 Å². The molecule has 3 aromatic heterocycles. The number of fused-ring (bicyclic) bond motifs is 2. The molecule has 0 radical (unpaired) electrons.